The van der Waals surface area contributed by atoms with Gasteiger partial charge in [-0.1, -0.05) is 74.5 Å². The second-order valence-electron chi connectivity index (χ2n) is 24.1. The van der Waals surface area contributed by atoms with Crippen molar-refractivity contribution in [1.82, 2.24) is 52.3 Å². The topological polar surface area (TPSA) is 519 Å². The number of nitrogens with zero attached hydrogens (tertiary/aromatic N) is 3. The summed E-state index contributed by atoms with van der Waals surface area (Å²) >= 11 is 1.45. The number of nitrogens with two attached hydrogens (primary N) is 7. The van der Waals surface area contributed by atoms with Crippen molar-refractivity contribution in [3.8, 4) is 0 Å². The van der Waals surface area contributed by atoms with Gasteiger partial charge in [-0.3, -0.25) is 67.3 Å². The summed E-state index contributed by atoms with van der Waals surface area (Å²) in [6, 6.07) is 4.51. The Morgan fingerprint density at radius 2 is 1.01 bits per heavy atom. The van der Waals surface area contributed by atoms with Crippen molar-refractivity contribution < 1.29 is 62.3 Å². The van der Waals surface area contributed by atoms with Gasteiger partial charge in [0.05, 0.1) is 12.6 Å². The van der Waals surface area contributed by atoms with E-state index in [9.17, 15) is 62.3 Å². The molecular formula is C63H98N18O13S. The lowest BCUT2D eigenvalue weighted by molar-refractivity contribution is -0.144. The largest absolute Gasteiger partial charge is 0.370 e. The zero-order valence-corrected chi connectivity index (χ0v) is 55.3. The van der Waals surface area contributed by atoms with E-state index in [0.717, 1.165) is 0 Å². The minimum atomic E-state index is -1.64. The van der Waals surface area contributed by atoms with Gasteiger partial charge in [-0.15, -0.1) is 0 Å². The Morgan fingerprint density at radius 3 is 1.51 bits per heavy atom. The minimum absolute atomic E-state index is 0.0736. The van der Waals surface area contributed by atoms with Crippen LogP contribution in [0.5, 0.6) is 0 Å². The van der Waals surface area contributed by atoms with Gasteiger partial charge in [-0.05, 0) is 119 Å². The van der Waals surface area contributed by atoms with Gasteiger partial charge in [0.15, 0.2) is 5.96 Å². The molecule has 2 aromatic rings. The average Bonchev–Trinajstić information content (AvgIpc) is 1.74. The lowest BCUT2D eigenvalue weighted by atomic mass is 10.0. The number of hydrogen-bond acceptors (Lipinski definition) is 17. The maximum Gasteiger partial charge on any atom is 0.245 e. The predicted octanol–water partition coefficient (Wildman–Crippen LogP) is -3.71. The normalized spacial score (nSPS) is 16.8. The lowest BCUT2D eigenvalue weighted by Crippen LogP contribution is -2.60. The highest BCUT2D eigenvalue weighted by Crippen LogP contribution is 2.24. The molecule has 0 aliphatic carbocycles. The number of amides is 13. The third-order valence-electron chi connectivity index (χ3n) is 16.0. The van der Waals surface area contributed by atoms with Crippen LogP contribution in [-0.2, 0) is 75.2 Å². The molecule has 4 rings (SSSR count). The predicted molar refractivity (Wildman–Crippen MR) is 356 cm³/mol. The molecule has 0 unspecified atom stereocenters. The number of carbonyl (C=O) groups excluding carboxylic acids is 13. The summed E-state index contributed by atoms with van der Waals surface area (Å²) in [5.74, 6) is -9.80. The third kappa shape index (κ3) is 27.5. The summed E-state index contributed by atoms with van der Waals surface area (Å²) in [6.45, 7) is 3.86. The summed E-state index contributed by atoms with van der Waals surface area (Å²) in [4.78, 5) is 185. The van der Waals surface area contributed by atoms with Crippen molar-refractivity contribution in [2.75, 3.05) is 44.7 Å². The zero-order valence-electron chi connectivity index (χ0n) is 54.5. The van der Waals surface area contributed by atoms with Crippen molar-refractivity contribution in [3.05, 3.63) is 71.8 Å². The van der Waals surface area contributed by atoms with E-state index in [0.29, 0.717) is 55.4 Å². The van der Waals surface area contributed by atoms with E-state index in [1.807, 2.05) is 20.1 Å². The molecule has 10 atom stereocenters. The Kier molecular flexibility index (Phi) is 33.9. The molecule has 0 radical (unpaired) electrons. The van der Waals surface area contributed by atoms with E-state index in [1.54, 1.807) is 60.7 Å². The van der Waals surface area contributed by atoms with Crippen molar-refractivity contribution in [2.45, 2.75) is 183 Å². The number of carbonyl (C=O) groups is 13. The number of hydrogen-bond donors (Lipinski definition) is 15. The molecule has 2 aliphatic rings. The molecular weight excluding hydrogens is 1250 g/mol. The minimum Gasteiger partial charge on any atom is -0.370 e. The quantitative estimate of drug-likeness (QED) is 0.0173. The van der Waals surface area contributed by atoms with E-state index in [1.165, 1.54) is 21.6 Å². The van der Waals surface area contributed by atoms with E-state index in [2.05, 4.69) is 47.5 Å². The number of guanidine groups is 1. The standard InChI is InChI=1S/C63H98N18O13S/c1-37(2)33-45(57(89)74-41(53(68)85)27-32-95-3)73-52(84)36-72-54(86)46(34-38-15-6-4-7-16-38)78-58(90)47(35-39-17-8-5-9-18-39)79-56(88)42(23-25-50(66)82)75-55(87)43(24-26-51(67)83)76-59(91)49-22-14-31-81(49)62(94)44(20-10-11-28-64)77-60(92)48-21-13-30-80(48)61(93)40(65)19-12-29-71-63(69)70/h4-9,15-18,37,40-49H,10-14,19-36,64-65H2,1-3H3,(H2,66,82)(H2,67,83)(H2,68,85)(H,72,86)(H,73,84)(H,74,89)(H,75,87)(H,76,91)(H,77,92)(H,78,90)(H,79,88)(H4,69,70,71)/t40-,41+,42-,43-,44-,45+,46+,47-,48+,49-/m1/s1. The van der Waals surface area contributed by atoms with Gasteiger partial charge in [-0.2, -0.15) is 11.8 Å². The number of unbranched alkanes of at least 4 members (excludes halogenated alkanes) is 1. The first-order valence-corrected chi connectivity index (χ1v) is 33.6. The van der Waals surface area contributed by atoms with E-state index < -0.39 is 169 Å². The summed E-state index contributed by atoms with van der Waals surface area (Å²) in [7, 11) is 0. The molecule has 0 bridgehead atoms. The first-order valence-electron chi connectivity index (χ1n) is 32.2. The molecule has 0 saturated carbocycles. The van der Waals surface area contributed by atoms with Crippen LogP contribution in [0.2, 0.25) is 0 Å². The van der Waals surface area contributed by atoms with Crippen LogP contribution in [0, 0.1) is 5.92 Å². The van der Waals surface area contributed by atoms with E-state index in [4.69, 9.17) is 40.1 Å². The monoisotopic (exact) mass is 1350 g/mol. The number of primary amides is 3. The van der Waals surface area contributed by atoms with Crippen LogP contribution in [-0.4, -0.2) is 198 Å². The van der Waals surface area contributed by atoms with Crippen LogP contribution in [0.1, 0.15) is 121 Å². The third-order valence-corrected chi connectivity index (χ3v) is 16.7. The highest BCUT2D eigenvalue weighted by Gasteiger charge is 2.42. The molecule has 2 fully saturated rings. The fourth-order valence-corrected chi connectivity index (χ4v) is 11.5. The number of benzene rings is 2. The molecule has 13 amide bonds. The van der Waals surface area contributed by atoms with Gasteiger partial charge in [0.2, 0.25) is 76.8 Å². The Morgan fingerprint density at radius 1 is 0.537 bits per heavy atom. The first kappa shape index (κ1) is 78.5. The second-order valence-corrected chi connectivity index (χ2v) is 25.1. The summed E-state index contributed by atoms with van der Waals surface area (Å²) < 4.78 is 0. The molecule has 0 aromatic heterocycles. The molecule has 95 heavy (non-hydrogen) atoms. The molecule has 2 saturated heterocycles. The number of aliphatic imine (C=N–C) groups is 1. The number of nitrogens with one attached hydrogen (secondary N) is 8. The van der Waals surface area contributed by atoms with Crippen LogP contribution in [0.4, 0.5) is 0 Å². The Balaban J connectivity index is 1.56. The molecule has 2 aromatic carbocycles. The Hall–Kier alpha value is -8.91. The molecule has 31 nitrogen and oxygen atoms in total. The first-order chi connectivity index (χ1) is 45.2. The maximum atomic E-state index is 14.7. The van der Waals surface area contributed by atoms with Crippen LogP contribution in [0.3, 0.4) is 0 Å². The van der Waals surface area contributed by atoms with Crippen molar-refractivity contribution in [1.29, 1.82) is 0 Å². The van der Waals surface area contributed by atoms with Gasteiger partial charge in [-0.25, -0.2) is 0 Å². The average molecular weight is 1350 g/mol. The van der Waals surface area contributed by atoms with Crippen molar-refractivity contribution in [3.63, 3.8) is 0 Å². The van der Waals surface area contributed by atoms with Gasteiger partial charge >= 0.3 is 0 Å². The smallest absolute Gasteiger partial charge is 0.245 e. The second kappa shape index (κ2) is 41.0. The fourth-order valence-electron chi connectivity index (χ4n) is 11.0. The van der Waals surface area contributed by atoms with Gasteiger partial charge in [0.25, 0.3) is 0 Å². The zero-order chi connectivity index (χ0) is 70.1. The van der Waals surface area contributed by atoms with Crippen molar-refractivity contribution in [2.24, 2.45) is 51.0 Å². The number of rotatable bonds is 42. The Bertz CT molecular complexity index is 2960. The lowest BCUT2D eigenvalue weighted by Gasteiger charge is -2.32. The molecule has 2 aliphatic heterocycles. The highest BCUT2D eigenvalue weighted by molar-refractivity contribution is 7.98. The Labute approximate surface area is 558 Å². The molecule has 2 heterocycles. The highest BCUT2D eigenvalue weighted by atomic mass is 32.2. The molecule has 0 spiro atoms. The van der Waals surface area contributed by atoms with E-state index in [-0.39, 0.29) is 83.0 Å². The van der Waals surface area contributed by atoms with Crippen LogP contribution in [0.25, 0.3) is 0 Å². The molecule has 524 valence electrons. The molecule has 32 heteroatoms. The van der Waals surface area contributed by atoms with Gasteiger partial charge < -0.3 is 92.5 Å². The fraction of sp³-hybridized carbons (Fsp3) is 0.587. The van der Waals surface area contributed by atoms with Crippen LogP contribution < -0.4 is 82.7 Å². The summed E-state index contributed by atoms with van der Waals surface area (Å²) in [5.41, 5.74) is 40.6. The maximum absolute atomic E-state index is 14.7. The summed E-state index contributed by atoms with van der Waals surface area (Å²) in [5, 5.41) is 21.1. The van der Waals surface area contributed by atoms with Crippen LogP contribution in [0.15, 0.2) is 65.7 Å². The SMILES string of the molecule is CSCC[C@H](NC(=O)[C@H](CC(C)C)NC(=O)CNC(=O)[C@H](Cc1ccccc1)NC(=O)[C@@H](Cc1ccccc1)NC(=O)[C@@H](CCC(N)=O)NC(=O)[C@@H](CCC(N)=O)NC(=O)[C@H]1CCCN1C(=O)[C@@H](CCCCN)NC(=O)[C@@H]1CCCN1C(=O)[C@H](N)CCCN=C(N)N)C(N)=O. The van der Waals surface area contributed by atoms with Crippen LogP contribution >= 0.6 is 11.8 Å². The molecule has 22 N–H and O–H groups in total. The van der Waals surface area contributed by atoms with Crippen molar-refractivity contribution >= 4 is 94.5 Å². The van der Waals surface area contributed by atoms with E-state index >= 15 is 0 Å². The van der Waals surface area contributed by atoms with Gasteiger partial charge in [0.1, 0.15) is 54.4 Å². The number of thioether (sulfide) groups is 1. The van der Waals surface area contributed by atoms with Gasteiger partial charge in [0, 0.05) is 45.3 Å². The number of likely N-dealkylation sites (tertiary alicyclic amines) is 2. The summed E-state index contributed by atoms with van der Waals surface area (Å²) in [6.07, 6.45) is 3.12.